The molecule has 1 aliphatic heterocycles. The van der Waals surface area contributed by atoms with Crippen molar-refractivity contribution in [1.82, 2.24) is 10.3 Å². The molecular formula is C14H18FN3O2. The van der Waals surface area contributed by atoms with Crippen LogP contribution >= 0.6 is 0 Å². The molecule has 3 N–H and O–H groups in total. The van der Waals surface area contributed by atoms with E-state index in [1.165, 1.54) is 13.2 Å². The second-order valence-corrected chi connectivity index (χ2v) is 5.77. The average Bonchev–Trinajstić information content (AvgIpc) is 3.16. The van der Waals surface area contributed by atoms with Crippen LogP contribution in [0, 0.1) is 11.7 Å². The first kappa shape index (κ1) is 13.3. The number of nitrogens with one attached hydrogen (secondary N) is 1. The third-order valence-electron chi connectivity index (χ3n) is 4.31. The van der Waals surface area contributed by atoms with E-state index in [1.54, 1.807) is 0 Å². The minimum absolute atomic E-state index is 0.0139. The van der Waals surface area contributed by atoms with Gasteiger partial charge in [-0.15, -0.1) is 0 Å². The Hall–Kier alpha value is -1.69. The summed E-state index contributed by atoms with van der Waals surface area (Å²) in [5, 5.41) is 3.51. The highest BCUT2D eigenvalue weighted by Gasteiger charge is 2.50. The van der Waals surface area contributed by atoms with E-state index in [0.717, 1.165) is 25.5 Å². The lowest BCUT2D eigenvalue weighted by Crippen LogP contribution is -2.46. The number of methoxy groups -OCH3 is 1. The number of rotatable bonds is 3. The minimum Gasteiger partial charge on any atom is -0.481 e. The molecule has 108 valence electrons. The maximum atomic E-state index is 13.5. The van der Waals surface area contributed by atoms with Crippen molar-refractivity contribution < 1.29 is 13.9 Å². The molecule has 2 aliphatic rings. The van der Waals surface area contributed by atoms with Crippen LogP contribution in [-0.4, -0.2) is 23.5 Å². The first-order valence-corrected chi connectivity index (χ1v) is 6.79. The zero-order chi connectivity index (χ0) is 14.3. The van der Waals surface area contributed by atoms with Gasteiger partial charge in [0.15, 0.2) is 0 Å². The van der Waals surface area contributed by atoms with Gasteiger partial charge in [-0.05, 0) is 31.7 Å². The number of ether oxygens (including phenoxy) is 1. The van der Waals surface area contributed by atoms with Gasteiger partial charge in [0.1, 0.15) is 5.82 Å². The number of halogens is 1. The molecule has 1 amide bonds. The molecule has 20 heavy (non-hydrogen) atoms. The molecule has 2 fully saturated rings. The first-order chi connectivity index (χ1) is 9.53. The standard InChI is InChI=1S/C14H18FN3O2/c1-20-13-10(5-9(15)7-17-13)11-4-8(12(16)19)6-14(18-11)2-3-14/h5,7-8,11,18H,2-4,6H2,1H3,(H2,16,19). The van der Waals surface area contributed by atoms with E-state index in [4.69, 9.17) is 10.5 Å². The highest BCUT2D eigenvalue weighted by atomic mass is 19.1. The molecule has 0 aromatic carbocycles. The van der Waals surface area contributed by atoms with Gasteiger partial charge in [-0.25, -0.2) is 9.37 Å². The van der Waals surface area contributed by atoms with Gasteiger partial charge in [0.05, 0.1) is 13.3 Å². The van der Waals surface area contributed by atoms with Crippen molar-refractivity contribution in [2.45, 2.75) is 37.3 Å². The number of nitrogens with zero attached hydrogens (tertiary/aromatic N) is 1. The van der Waals surface area contributed by atoms with Gasteiger partial charge in [0, 0.05) is 23.1 Å². The van der Waals surface area contributed by atoms with E-state index in [2.05, 4.69) is 10.3 Å². The minimum atomic E-state index is -0.409. The molecule has 0 radical (unpaired) electrons. The molecule has 5 nitrogen and oxygen atoms in total. The first-order valence-electron chi connectivity index (χ1n) is 6.79. The summed E-state index contributed by atoms with van der Waals surface area (Å²) in [5.74, 6) is -0.485. The van der Waals surface area contributed by atoms with Gasteiger partial charge in [0.2, 0.25) is 11.8 Å². The Morgan fingerprint density at radius 2 is 2.35 bits per heavy atom. The van der Waals surface area contributed by atoms with E-state index < -0.39 is 5.82 Å². The van der Waals surface area contributed by atoms with Crippen LogP contribution in [0.15, 0.2) is 12.3 Å². The van der Waals surface area contributed by atoms with Gasteiger partial charge < -0.3 is 15.8 Å². The Balaban J connectivity index is 1.92. The largest absolute Gasteiger partial charge is 0.481 e. The molecule has 1 spiro atoms. The van der Waals surface area contributed by atoms with E-state index >= 15 is 0 Å². The third kappa shape index (κ3) is 2.35. The normalized spacial score (nSPS) is 27.3. The monoisotopic (exact) mass is 279 g/mol. The van der Waals surface area contributed by atoms with E-state index in [1.807, 2.05) is 0 Å². The van der Waals surface area contributed by atoms with Crippen molar-refractivity contribution in [2.75, 3.05) is 7.11 Å². The van der Waals surface area contributed by atoms with Gasteiger partial charge in [-0.2, -0.15) is 0 Å². The molecular weight excluding hydrogens is 261 g/mol. The molecule has 1 aliphatic carbocycles. The second kappa shape index (κ2) is 4.70. The van der Waals surface area contributed by atoms with Crippen LogP contribution < -0.4 is 15.8 Å². The molecule has 1 saturated heterocycles. The summed E-state index contributed by atoms with van der Waals surface area (Å²) < 4.78 is 18.7. The Kier molecular flexibility index (Phi) is 3.12. The molecule has 0 bridgehead atoms. The van der Waals surface area contributed by atoms with Crippen LogP contribution in [0.4, 0.5) is 4.39 Å². The summed E-state index contributed by atoms with van der Waals surface area (Å²) in [6.45, 7) is 0. The summed E-state index contributed by atoms with van der Waals surface area (Å²) >= 11 is 0. The maximum absolute atomic E-state index is 13.5. The number of carbonyl (C=O) groups excluding carboxylic acids is 1. The van der Waals surface area contributed by atoms with E-state index in [0.29, 0.717) is 17.9 Å². The number of primary amides is 1. The summed E-state index contributed by atoms with van der Waals surface area (Å²) in [6.07, 6.45) is 4.50. The Labute approximate surface area is 116 Å². The van der Waals surface area contributed by atoms with Crippen molar-refractivity contribution in [1.29, 1.82) is 0 Å². The number of hydrogen-bond donors (Lipinski definition) is 2. The number of piperidine rings is 1. The van der Waals surface area contributed by atoms with E-state index in [9.17, 15) is 9.18 Å². The fourth-order valence-corrected chi connectivity index (χ4v) is 3.11. The summed E-state index contributed by atoms with van der Waals surface area (Å²) in [7, 11) is 1.50. The van der Waals surface area contributed by atoms with Crippen LogP contribution in [-0.2, 0) is 4.79 Å². The Morgan fingerprint density at radius 1 is 1.60 bits per heavy atom. The van der Waals surface area contributed by atoms with Crippen molar-refractivity contribution >= 4 is 5.91 Å². The zero-order valence-electron chi connectivity index (χ0n) is 11.4. The van der Waals surface area contributed by atoms with Crippen molar-refractivity contribution in [2.24, 2.45) is 11.7 Å². The zero-order valence-corrected chi connectivity index (χ0v) is 11.4. The van der Waals surface area contributed by atoms with Gasteiger partial charge in [-0.1, -0.05) is 0 Å². The van der Waals surface area contributed by atoms with Crippen molar-refractivity contribution in [3.8, 4) is 5.88 Å². The van der Waals surface area contributed by atoms with Crippen molar-refractivity contribution in [3.05, 3.63) is 23.6 Å². The number of aromatic nitrogens is 1. The van der Waals surface area contributed by atoms with Crippen LogP contribution in [0.25, 0.3) is 0 Å². The highest BCUT2D eigenvalue weighted by Crippen LogP contribution is 2.49. The molecule has 1 aromatic rings. The fraction of sp³-hybridized carbons (Fsp3) is 0.571. The molecule has 2 heterocycles. The lowest BCUT2D eigenvalue weighted by atomic mass is 9.83. The van der Waals surface area contributed by atoms with Crippen LogP contribution in [0.2, 0.25) is 0 Å². The number of hydrogen-bond acceptors (Lipinski definition) is 4. The molecule has 3 rings (SSSR count). The van der Waals surface area contributed by atoms with Crippen molar-refractivity contribution in [3.63, 3.8) is 0 Å². The predicted molar refractivity (Wildman–Crippen MR) is 70.5 cm³/mol. The lowest BCUT2D eigenvalue weighted by molar-refractivity contribution is -0.123. The maximum Gasteiger partial charge on any atom is 0.220 e. The fourth-order valence-electron chi connectivity index (χ4n) is 3.11. The molecule has 1 saturated carbocycles. The van der Waals surface area contributed by atoms with Gasteiger partial charge in [0.25, 0.3) is 0 Å². The lowest BCUT2D eigenvalue weighted by Gasteiger charge is -2.36. The van der Waals surface area contributed by atoms with Crippen LogP contribution in [0.1, 0.15) is 37.3 Å². The second-order valence-electron chi connectivity index (χ2n) is 5.77. The molecule has 2 unspecified atom stereocenters. The molecule has 2 atom stereocenters. The van der Waals surface area contributed by atoms with Gasteiger partial charge in [-0.3, -0.25) is 4.79 Å². The number of amides is 1. The number of carbonyl (C=O) groups is 1. The summed E-state index contributed by atoms with van der Waals surface area (Å²) in [5.41, 5.74) is 6.11. The molecule has 1 aromatic heterocycles. The number of pyridine rings is 1. The highest BCUT2D eigenvalue weighted by molar-refractivity contribution is 5.77. The summed E-state index contributed by atoms with van der Waals surface area (Å²) in [6, 6.07) is 1.27. The smallest absolute Gasteiger partial charge is 0.220 e. The Bertz CT molecular complexity index is 545. The van der Waals surface area contributed by atoms with E-state index in [-0.39, 0.29) is 23.4 Å². The number of nitrogens with two attached hydrogens (primary N) is 1. The Morgan fingerprint density at radius 3 is 2.95 bits per heavy atom. The SMILES string of the molecule is COc1ncc(F)cc1C1CC(C(N)=O)CC2(CC2)N1. The quantitative estimate of drug-likeness (QED) is 0.874. The summed E-state index contributed by atoms with van der Waals surface area (Å²) in [4.78, 5) is 15.5. The topological polar surface area (TPSA) is 77.2 Å². The van der Waals surface area contributed by atoms with Crippen LogP contribution in [0.3, 0.4) is 0 Å². The molecule has 6 heteroatoms. The average molecular weight is 279 g/mol. The van der Waals surface area contributed by atoms with Crippen LogP contribution in [0.5, 0.6) is 5.88 Å². The predicted octanol–water partition coefficient (Wildman–Crippen LogP) is 1.29. The van der Waals surface area contributed by atoms with Gasteiger partial charge >= 0.3 is 0 Å². The third-order valence-corrected chi connectivity index (χ3v) is 4.31.